The van der Waals surface area contributed by atoms with Crippen LogP contribution in [0.2, 0.25) is 0 Å². The lowest BCUT2D eigenvalue weighted by Gasteiger charge is -2.39. The van der Waals surface area contributed by atoms with Crippen LogP contribution in [0.25, 0.3) is 0 Å². The lowest BCUT2D eigenvalue weighted by Crippen LogP contribution is -2.57. The lowest BCUT2D eigenvalue weighted by atomic mass is 10.1. The van der Waals surface area contributed by atoms with E-state index < -0.39 is 6.04 Å². The summed E-state index contributed by atoms with van der Waals surface area (Å²) in [5.74, 6) is 0.540. The van der Waals surface area contributed by atoms with Gasteiger partial charge in [-0.15, -0.1) is 0 Å². The van der Waals surface area contributed by atoms with Crippen molar-refractivity contribution >= 4 is 33.4 Å². The van der Waals surface area contributed by atoms with Crippen LogP contribution >= 0.6 is 15.9 Å². The number of benzene rings is 2. The second-order valence-corrected chi connectivity index (χ2v) is 6.78. The van der Waals surface area contributed by atoms with Crippen molar-refractivity contribution in [2.24, 2.45) is 0 Å². The predicted octanol–water partition coefficient (Wildman–Crippen LogP) is 3.34. The van der Waals surface area contributed by atoms with Crippen molar-refractivity contribution in [2.45, 2.75) is 13.0 Å². The van der Waals surface area contributed by atoms with Gasteiger partial charge in [0.05, 0.1) is 7.11 Å². The molecule has 3 rings (SSSR count). The van der Waals surface area contributed by atoms with Crippen molar-refractivity contribution in [3.8, 4) is 5.75 Å². The van der Waals surface area contributed by atoms with Crippen molar-refractivity contribution in [3.05, 3.63) is 58.6 Å². The molecule has 0 saturated carbocycles. The first-order chi connectivity index (χ1) is 12.0. The number of carbonyl (C=O) groups is 2. The van der Waals surface area contributed by atoms with E-state index in [1.54, 1.807) is 36.0 Å². The molecule has 0 spiro atoms. The third-order valence-corrected chi connectivity index (χ3v) is 4.92. The van der Waals surface area contributed by atoms with Gasteiger partial charge in [-0.2, -0.15) is 0 Å². The Morgan fingerprint density at radius 1 is 1.08 bits per heavy atom. The van der Waals surface area contributed by atoms with Crippen LogP contribution < -0.4 is 9.64 Å². The fraction of sp³-hybridized carbons (Fsp3) is 0.263. The van der Waals surface area contributed by atoms with Gasteiger partial charge >= 0.3 is 0 Å². The van der Waals surface area contributed by atoms with E-state index in [0.717, 1.165) is 15.9 Å². The van der Waals surface area contributed by atoms with Crippen LogP contribution in [-0.4, -0.2) is 43.0 Å². The zero-order chi connectivity index (χ0) is 18.0. The van der Waals surface area contributed by atoms with E-state index in [9.17, 15) is 9.59 Å². The molecule has 5 nitrogen and oxygen atoms in total. The summed E-state index contributed by atoms with van der Waals surface area (Å²) in [6.07, 6.45) is 0. The average molecular weight is 403 g/mol. The van der Waals surface area contributed by atoms with Crippen LogP contribution in [0.15, 0.2) is 53.0 Å². The molecule has 1 heterocycles. The van der Waals surface area contributed by atoms with E-state index in [0.29, 0.717) is 18.7 Å². The number of nitrogens with zero attached hydrogens (tertiary/aromatic N) is 2. The van der Waals surface area contributed by atoms with Gasteiger partial charge in [0.25, 0.3) is 5.91 Å². The van der Waals surface area contributed by atoms with Gasteiger partial charge in [-0.05, 0) is 55.5 Å². The highest BCUT2D eigenvalue weighted by atomic mass is 79.9. The molecule has 0 aliphatic carbocycles. The molecular weight excluding hydrogens is 384 g/mol. The normalized spacial score (nSPS) is 17.6. The molecule has 1 saturated heterocycles. The van der Waals surface area contributed by atoms with Gasteiger partial charge in [0, 0.05) is 28.8 Å². The largest absolute Gasteiger partial charge is 0.497 e. The first kappa shape index (κ1) is 17.5. The minimum Gasteiger partial charge on any atom is -0.497 e. The van der Waals surface area contributed by atoms with Crippen molar-refractivity contribution in [3.63, 3.8) is 0 Å². The predicted molar refractivity (Wildman–Crippen MR) is 100.0 cm³/mol. The molecule has 1 atom stereocenters. The summed E-state index contributed by atoms with van der Waals surface area (Å²) >= 11 is 3.36. The topological polar surface area (TPSA) is 49.9 Å². The third kappa shape index (κ3) is 3.54. The SMILES string of the molecule is COc1ccc(N2CCN(C(=O)c3ccc(Br)cc3)C(C)C2=O)cc1. The van der Waals surface area contributed by atoms with Gasteiger partial charge in [0.1, 0.15) is 11.8 Å². The molecule has 1 aliphatic rings. The van der Waals surface area contributed by atoms with Crippen LogP contribution in [0.3, 0.4) is 0 Å². The number of anilines is 1. The number of hydrogen-bond donors (Lipinski definition) is 0. The lowest BCUT2D eigenvalue weighted by molar-refractivity contribution is -0.124. The van der Waals surface area contributed by atoms with Gasteiger partial charge in [-0.1, -0.05) is 15.9 Å². The first-order valence-corrected chi connectivity index (χ1v) is 8.82. The van der Waals surface area contributed by atoms with Gasteiger partial charge in [-0.25, -0.2) is 0 Å². The van der Waals surface area contributed by atoms with E-state index in [1.165, 1.54) is 0 Å². The van der Waals surface area contributed by atoms with Crippen LogP contribution in [0, 0.1) is 0 Å². The number of ether oxygens (including phenoxy) is 1. The van der Waals surface area contributed by atoms with Crippen LogP contribution in [0.5, 0.6) is 5.75 Å². The number of amides is 2. The first-order valence-electron chi connectivity index (χ1n) is 8.03. The van der Waals surface area contributed by atoms with Gasteiger partial charge in [0.15, 0.2) is 0 Å². The molecule has 0 N–H and O–H groups in total. The Morgan fingerprint density at radius 2 is 1.72 bits per heavy atom. The van der Waals surface area contributed by atoms with Gasteiger partial charge in [0.2, 0.25) is 5.91 Å². The van der Waals surface area contributed by atoms with E-state index in [4.69, 9.17) is 4.74 Å². The molecule has 2 aromatic carbocycles. The molecule has 0 bridgehead atoms. The maximum Gasteiger partial charge on any atom is 0.254 e. The highest BCUT2D eigenvalue weighted by Crippen LogP contribution is 2.24. The molecule has 6 heteroatoms. The van der Waals surface area contributed by atoms with Gasteiger partial charge < -0.3 is 14.5 Å². The maximum atomic E-state index is 12.8. The van der Waals surface area contributed by atoms with Crippen LogP contribution in [0.4, 0.5) is 5.69 Å². The molecule has 1 unspecified atom stereocenters. The molecule has 130 valence electrons. The Labute approximate surface area is 155 Å². The number of halogens is 1. The Balaban J connectivity index is 1.76. The minimum absolute atomic E-state index is 0.0816. The summed E-state index contributed by atoms with van der Waals surface area (Å²) in [4.78, 5) is 28.8. The summed E-state index contributed by atoms with van der Waals surface area (Å²) in [6, 6.07) is 14.0. The smallest absolute Gasteiger partial charge is 0.254 e. The average Bonchev–Trinajstić information content (AvgIpc) is 2.64. The Bertz CT molecular complexity index is 774. The van der Waals surface area contributed by atoms with E-state index in [-0.39, 0.29) is 11.8 Å². The Morgan fingerprint density at radius 3 is 2.32 bits per heavy atom. The maximum absolute atomic E-state index is 12.8. The summed E-state index contributed by atoms with van der Waals surface area (Å²) in [5.41, 5.74) is 1.40. The minimum atomic E-state index is -0.507. The molecular formula is C19H19BrN2O3. The molecule has 0 aromatic heterocycles. The molecule has 2 amide bonds. The molecule has 25 heavy (non-hydrogen) atoms. The van der Waals surface area contributed by atoms with Crippen molar-refractivity contribution in [2.75, 3.05) is 25.1 Å². The van der Waals surface area contributed by atoms with Gasteiger partial charge in [-0.3, -0.25) is 9.59 Å². The number of hydrogen-bond acceptors (Lipinski definition) is 3. The quantitative estimate of drug-likeness (QED) is 0.790. The molecule has 2 aromatic rings. The molecule has 1 aliphatic heterocycles. The second kappa shape index (κ2) is 7.27. The van der Waals surface area contributed by atoms with E-state index >= 15 is 0 Å². The van der Waals surface area contributed by atoms with E-state index in [1.807, 2.05) is 36.4 Å². The Hall–Kier alpha value is -2.34. The molecule has 0 radical (unpaired) electrons. The zero-order valence-electron chi connectivity index (χ0n) is 14.1. The standard InChI is InChI=1S/C19H19BrN2O3/c1-13-18(23)22(16-7-9-17(25-2)10-8-16)12-11-21(13)19(24)14-3-5-15(20)6-4-14/h3-10,13H,11-12H2,1-2H3. The van der Waals surface area contributed by atoms with E-state index in [2.05, 4.69) is 15.9 Å². The number of piperazine rings is 1. The third-order valence-electron chi connectivity index (χ3n) is 4.39. The highest BCUT2D eigenvalue weighted by molar-refractivity contribution is 9.10. The van der Waals surface area contributed by atoms with Crippen LogP contribution in [-0.2, 0) is 4.79 Å². The second-order valence-electron chi connectivity index (χ2n) is 5.87. The Kier molecular flexibility index (Phi) is 5.08. The van der Waals surface area contributed by atoms with Crippen LogP contribution in [0.1, 0.15) is 17.3 Å². The number of methoxy groups -OCH3 is 1. The zero-order valence-corrected chi connectivity index (χ0v) is 15.7. The number of rotatable bonds is 3. The monoisotopic (exact) mass is 402 g/mol. The number of carbonyl (C=O) groups excluding carboxylic acids is 2. The van der Waals surface area contributed by atoms with Crippen molar-refractivity contribution in [1.82, 2.24) is 4.90 Å². The summed E-state index contributed by atoms with van der Waals surface area (Å²) in [5, 5.41) is 0. The fourth-order valence-corrected chi connectivity index (χ4v) is 3.19. The summed E-state index contributed by atoms with van der Waals surface area (Å²) < 4.78 is 6.07. The summed E-state index contributed by atoms with van der Waals surface area (Å²) in [6.45, 7) is 2.74. The van der Waals surface area contributed by atoms with Crippen molar-refractivity contribution < 1.29 is 14.3 Å². The fourth-order valence-electron chi connectivity index (χ4n) is 2.92. The highest BCUT2D eigenvalue weighted by Gasteiger charge is 2.35. The summed E-state index contributed by atoms with van der Waals surface area (Å²) in [7, 11) is 1.61. The molecule has 1 fully saturated rings. The van der Waals surface area contributed by atoms with Crippen molar-refractivity contribution in [1.29, 1.82) is 0 Å².